The number of benzene rings is 2. The lowest BCUT2D eigenvalue weighted by Crippen LogP contribution is -2.36. The van der Waals surface area contributed by atoms with Crippen LogP contribution in [0.4, 0.5) is 17.1 Å². The van der Waals surface area contributed by atoms with Crippen LogP contribution < -0.4 is 10.2 Å². The Morgan fingerprint density at radius 2 is 1.86 bits per heavy atom. The van der Waals surface area contributed by atoms with Crippen molar-refractivity contribution < 1.29 is 24.0 Å². The van der Waals surface area contributed by atoms with E-state index in [4.69, 9.17) is 9.47 Å². The molecule has 9 nitrogen and oxygen atoms in total. The number of ether oxygens (including phenoxy) is 2. The standard InChI is InChI=1S/C20H21N3O6/c1-14-12-15(2-7-18(14)23(26)27)20(25)29-13-19(24)21-16-3-5-17(6-4-16)22-8-10-28-11-9-22/h2-7,12H,8-11,13H2,1H3,(H,21,24). The van der Waals surface area contributed by atoms with Crippen LogP contribution >= 0.6 is 0 Å². The Kier molecular flexibility index (Phi) is 6.40. The maximum Gasteiger partial charge on any atom is 0.338 e. The maximum absolute atomic E-state index is 12.1. The van der Waals surface area contributed by atoms with E-state index in [1.807, 2.05) is 12.1 Å². The minimum atomic E-state index is -0.721. The van der Waals surface area contributed by atoms with E-state index >= 15 is 0 Å². The first-order valence-electron chi connectivity index (χ1n) is 9.09. The van der Waals surface area contributed by atoms with Gasteiger partial charge in [0.1, 0.15) is 0 Å². The van der Waals surface area contributed by atoms with Crippen molar-refractivity contribution in [2.45, 2.75) is 6.92 Å². The molecular weight excluding hydrogens is 378 g/mol. The molecule has 29 heavy (non-hydrogen) atoms. The fraction of sp³-hybridized carbons (Fsp3) is 0.300. The minimum absolute atomic E-state index is 0.0835. The zero-order chi connectivity index (χ0) is 20.8. The number of carbonyl (C=O) groups is 2. The molecule has 0 aliphatic carbocycles. The molecule has 1 fully saturated rings. The SMILES string of the molecule is Cc1cc(C(=O)OCC(=O)Nc2ccc(N3CCOCC3)cc2)ccc1[N+](=O)[O-]. The highest BCUT2D eigenvalue weighted by Crippen LogP contribution is 2.20. The number of nitro groups is 1. The molecule has 1 aliphatic heterocycles. The van der Waals surface area contributed by atoms with Gasteiger partial charge in [-0.15, -0.1) is 0 Å². The van der Waals surface area contributed by atoms with Crippen molar-refractivity contribution in [1.29, 1.82) is 0 Å². The van der Waals surface area contributed by atoms with Crippen LogP contribution in [0.5, 0.6) is 0 Å². The number of nitrogens with one attached hydrogen (secondary N) is 1. The summed E-state index contributed by atoms with van der Waals surface area (Å²) in [6, 6.07) is 11.3. The smallest absolute Gasteiger partial charge is 0.338 e. The van der Waals surface area contributed by atoms with Gasteiger partial charge in [0.25, 0.3) is 11.6 Å². The number of carbonyl (C=O) groups excluding carboxylic acids is 2. The summed E-state index contributed by atoms with van der Waals surface area (Å²) in [5, 5.41) is 13.5. The summed E-state index contributed by atoms with van der Waals surface area (Å²) in [5.74, 6) is -1.20. The molecule has 9 heteroatoms. The van der Waals surface area contributed by atoms with Crippen LogP contribution in [0.3, 0.4) is 0 Å². The molecule has 0 bridgehead atoms. The number of hydrogen-bond acceptors (Lipinski definition) is 7. The first kappa shape index (κ1) is 20.3. The van der Waals surface area contributed by atoms with Crippen molar-refractivity contribution >= 4 is 28.9 Å². The van der Waals surface area contributed by atoms with Crippen LogP contribution in [-0.2, 0) is 14.3 Å². The molecule has 0 spiro atoms. The topological polar surface area (TPSA) is 111 Å². The summed E-state index contributed by atoms with van der Waals surface area (Å²) in [6.07, 6.45) is 0. The number of hydrogen-bond donors (Lipinski definition) is 1. The van der Waals surface area contributed by atoms with E-state index in [9.17, 15) is 19.7 Å². The summed E-state index contributed by atoms with van der Waals surface area (Å²) in [6.45, 7) is 4.10. The molecule has 1 heterocycles. The van der Waals surface area contributed by atoms with E-state index in [-0.39, 0.29) is 11.3 Å². The zero-order valence-electron chi connectivity index (χ0n) is 15.9. The molecular formula is C20H21N3O6. The minimum Gasteiger partial charge on any atom is -0.452 e. The third-order valence-electron chi connectivity index (χ3n) is 4.49. The Labute approximate surface area is 167 Å². The van der Waals surface area contributed by atoms with Crippen LogP contribution in [0.15, 0.2) is 42.5 Å². The second-order valence-corrected chi connectivity index (χ2v) is 6.53. The lowest BCUT2D eigenvalue weighted by atomic mass is 10.1. The van der Waals surface area contributed by atoms with Gasteiger partial charge in [-0.05, 0) is 43.3 Å². The average Bonchev–Trinajstić information content (AvgIpc) is 2.73. The molecule has 2 aromatic carbocycles. The molecule has 3 rings (SSSR count). The van der Waals surface area contributed by atoms with E-state index in [1.165, 1.54) is 25.1 Å². The molecule has 0 radical (unpaired) electrons. The Hall–Kier alpha value is -3.46. The molecule has 152 valence electrons. The summed E-state index contributed by atoms with van der Waals surface area (Å²) in [7, 11) is 0. The summed E-state index contributed by atoms with van der Waals surface area (Å²) < 4.78 is 10.3. The van der Waals surface area contributed by atoms with Gasteiger partial charge in [0.15, 0.2) is 6.61 Å². The first-order chi connectivity index (χ1) is 13.9. The fourth-order valence-corrected chi connectivity index (χ4v) is 2.98. The average molecular weight is 399 g/mol. The highest BCUT2D eigenvalue weighted by Gasteiger charge is 2.16. The first-order valence-corrected chi connectivity index (χ1v) is 9.09. The molecule has 0 unspecified atom stereocenters. The van der Waals surface area contributed by atoms with E-state index in [1.54, 1.807) is 12.1 Å². The van der Waals surface area contributed by atoms with Crippen LogP contribution in [0, 0.1) is 17.0 Å². The number of nitrogens with zero attached hydrogens (tertiary/aromatic N) is 2. The van der Waals surface area contributed by atoms with Crippen LogP contribution in [0.2, 0.25) is 0 Å². The molecule has 1 amide bonds. The largest absolute Gasteiger partial charge is 0.452 e. The summed E-state index contributed by atoms with van der Waals surface area (Å²) in [4.78, 5) is 36.6. The number of nitro benzene ring substituents is 1. The fourth-order valence-electron chi connectivity index (χ4n) is 2.98. The lowest BCUT2D eigenvalue weighted by molar-refractivity contribution is -0.385. The third kappa shape index (κ3) is 5.29. The molecule has 0 saturated carbocycles. The van der Waals surface area contributed by atoms with Gasteiger partial charge in [-0.2, -0.15) is 0 Å². The number of aryl methyl sites for hydroxylation is 1. The van der Waals surface area contributed by atoms with Gasteiger partial charge in [-0.3, -0.25) is 14.9 Å². The van der Waals surface area contributed by atoms with Crippen molar-refractivity contribution in [3.63, 3.8) is 0 Å². The highest BCUT2D eigenvalue weighted by atomic mass is 16.6. The Bertz CT molecular complexity index is 907. The predicted molar refractivity (Wildman–Crippen MR) is 106 cm³/mol. The number of anilines is 2. The second kappa shape index (κ2) is 9.16. The van der Waals surface area contributed by atoms with Gasteiger partial charge < -0.3 is 19.7 Å². The van der Waals surface area contributed by atoms with Gasteiger partial charge in [-0.25, -0.2) is 4.79 Å². The molecule has 2 aromatic rings. The van der Waals surface area contributed by atoms with Crippen LogP contribution in [-0.4, -0.2) is 49.7 Å². The van der Waals surface area contributed by atoms with Crippen molar-refractivity contribution in [2.24, 2.45) is 0 Å². The Morgan fingerprint density at radius 1 is 1.17 bits per heavy atom. The molecule has 0 aromatic heterocycles. The predicted octanol–water partition coefficient (Wildman–Crippen LogP) is 2.54. The molecule has 1 aliphatic rings. The van der Waals surface area contributed by atoms with Crippen molar-refractivity contribution in [3.8, 4) is 0 Å². The maximum atomic E-state index is 12.1. The zero-order valence-corrected chi connectivity index (χ0v) is 15.9. The number of amides is 1. The molecule has 1 saturated heterocycles. The normalized spacial score (nSPS) is 13.6. The number of esters is 1. The Morgan fingerprint density at radius 3 is 2.48 bits per heavy atom. The van der Waals surface area contributed by atoms with Gasteiger partial charge in [-0.1, -0.05) is 0 Å². The number of rotatable bonds is 6. The van der Waals surface area contributed by atoms with Gasteiger partial charge in [0.05, 0.1) is 23.7 Å². The molecule has 1 N–H and O–H groups in total. The van der Waals surface area contributed by atoms with Crippen molar-refractivity contribution in [2.75, 3.05) is 43.1 Å². The van der Waals surface area contributed by atoms with Crippen LogP contribution in [0.25, 0.3) is 0 Å². The van der Waals surface area contributed by atoms with Crippen molar-refractivity contribution in [3.05, 3.63) is 63.7 Å². The third-order valence-corrected chi connectivity index (χ3v) is 4.49. The van der Waals surface area contributed by atoms with E-state index < -0.39 is 23.4 Å². The monoisotopic (exact) mass is 399 g/mol. The summed E-state index contributed by atoms with van der Waals surface area (Å²) in [5.41, 5.74) is 2.05. The second-order valence-electron chi connectivity index (χ2n) is 6.53. The van der Waals surface area contributed by atoms with Gasteiger partial charge in [0, 0.05) is 36.1 Å². The van der Waals surface area contributed by atoms with E-state index in [0.717, 1.165) is 18.8 Å². The quantitative estimate of drug-likeness (QED) is 0.451. The summed E-state index contributed by atoms with van der Waals surface area (Å²) >= 11 is 0. The van der Waals surface area contributed by atoms with Gasteiger partial charge in [0.2, 0.25) is 0 Å². The molecule has 0 atom stereocenters. The van der Waals surface area contributed by atoms with Gasteiger partial charge >= 0.3 is 5.97 Å². The van der Waals surface area contributed by atoms with E-state index in [0.29, 0.717) is 24.5 Å². The number of morpholine rings is 1. The van der Waals surface area contributed by atoms with E-state index in [2.05, 4.69) is 10.2 Å². The Balaban J connectivity index is 1.51. The van der Waals surface area contributed by atoms with Crippen molar-refractivity contribution in [1.82, 2.24) is 0 Å². The highest BCUT2D eigenvalue weighted by molar-refractivity contribution is 5.95. The van der Waals surface area contributed by atoms with Crippen LogP contribution in [0.1, 0.15) is 15.9 Å². The lowest BCUT2D eigenvalue weighted by Gasteiger charge is -2.28.